The van der Waals surface area contributed by atoms with Crippen molar-refractivity contribution in [1.82, 2.24) is 4.57 Å². The van der Waals surface area contributed by atoms with Crippen molar-refractivity contribution in [1.29, 1.82) is 0 Å². The van der Waals surface area contributed by atoms with E-state index in [1.165, 1.54) is 10.8 Å². The van der Waals surface area contributed by atoms with E-state index in [1.807, 2.05) is 36.4 Å². The van der Waals surface area contributed by atoms with Crippen molar-refractivity contribution in [2.45, 2.75) is 12.6 Å². The molecule has 0 amide bonds. The summed E-state index contributed by atoms with van der Waals surface area (Å²) in [5.41, 5.74) is 3.17. The molecule has 0 saturated heterocycles. The molecule has 0 radical (unpaired) electrons. The number of aromatic nitrogens is 1. The maximum Gasteiger partial charge on any atom is 0.141 e. The lowest BCUT2D eigenvalue weighted by Gasteiger charge is -2.17. The minimum absolute atomic E-state index is 0.446. The van der Waals surface area contributed by atoms with Crippen molar-refractivity contribution in [2.24, 2.45) is 0 Å². The van der Waals surface area contributed by atoms with E-state index in [4.69, 9.17) is 4.74 Å². The summed E-state index contributed by atoms with van der Waals surface area (Å²) in [6.07, 6.45) is -0.529. The van der Waals surface area contributed by atoms with Crippen molar-refractivity contribution >= 4 is 27.5 Å². The van der Waals surface area contributed by atoms with E-state index in [-0.39, 0.29) is 0 Å². The number of rotatable bonds is 6. The van der Waals surface area contributed by atoms with E-state index in [1.54, 1.807) is 7.11 Å². The number of anilines is 1. The van der Waals surface area contributed by atoms with Gasteiger partial charge in [0.05, 0.1) is 25.4 Å². The number of nitrogens with zero attached hydrogens (tertiary/aromatic N) is 1. The van der Waals surface area contributed by atoms with Crippen LogP contribution in [0.1, 0.15) is 0 Å². The van der Waals surface area contributed by atoms with Crippen molar-refractivity contribution < 1.29 is 9.84 Å². The zero-order valence-corrected chi connectivity index (χ0v) is 14.7. The molecule has 4 nitrogen and oxygen atoms in total. The minimum Gasteiger partial charge on any atom is -0.495 e. The molecule has 26 heavy (non-hydrogen) atoms. The molecule has 0 aliphatic carbocycles. The van der Waals surface area contributed by atoms with Gasteiger partial charge in [0.25, 0.3) is 0 Å². The summed E-state index contributed by atoms with van der Waals surface area (Å²) >= 11 is 0. The van der Waals surface area contributed by atoms with Gasteiger partial charge in [-0.25, -0.2) is 0 Å². The van der Waals surface area contributed by atoms with Crippen LogP contribution < -0.4 is 10.1 Å². The Labute approximate surface area is 152 Å². The monoisotopic (exact) mass is 346 g/mol. The molecule has 0 aliphatic heterocycles. The number of fused-ring (bicyclic) bond motifs is 3. The molecule has 1 aromatic heterocycles. The largest absolute Gasteiger partial charge is 0.495 e. The van der Waals surface area contributed by atoms with Crippen LogP contribution in [0.2, 0.25) is 0 Å². The van der Waals surface area contributed by atoms with E-state index < -0.39 is 6.10 Å². The Bertz CT molecular complexity index is 985. The lowest BCUT2D eigenvalue weighted by atomic mass is 10.2. The van der Waals surface area contributed by atoms with Gasteiger partial charge in [0.2, 0.25) is 0 Å². The third-order valence-electron chi connectivity index (χ3n) is 4.71. The first-order valence-corrected chi connectivity index (χ1v) is 8.79. The highest BCUT2D eigenvalue weighted by atomic mass is 16.5. The summed E-state index contributed by atoms with van der Waals surface area (Å²) in [6.45, 7) is 0.970. The molecular formula is C22H22N2O2. The maximum absolute atomic E-state index is 10.6. The van der Waals surface area contributed by atoms with Gasteiger partial charge in [-0.1, -0.05) is 48.5 Å². The first-order chi connectivity index (χ1) is 12.8. The molecule has 0 spiro atoms. The molecule has 0 unspecified atom stereocenters. The number of hydrogen-bond acceptors (Lipinski definition) is 3. The Balaban J connectivity index is 1.58. The van der Waals surface area contributed by atoms with Crippen molar-refractivity contribution in [3.05, 3.63) is 72.8 Å². The molecule has 3 aromatic carbocycles. The summed E-state index contributed by atoms with van der Waals surface area (Å²) in [6, 6.07) is 24.4. The van der Waals surface area contributed by atoms with Crippen LogP contribution in [0, 0.1) is 0 Å². The van der Waals surface area contributed by atoms with Gasteiger partial charge in [-0.2, -0.15) is 0 Å². The van der Waals surface area contributed by atoms with Gasteiger partial charge in [0, 0.05) is 28.4 Å². The summed E-state index contributed by atoms with van der Waals surface area (Å²) in [5.74, 6) is 0.775. The maximum atomic E-state index is 10.6. The predicted octanol–water partition coefficient (Wildman–Crippen LogP) is 4.28. The molecule has 0 saturated carbocycles. The Morgan fingerprint density at radius 1 is 0.885 bits per heavy atom. The van der Waals surface area contributed by atoms with Crippen LogP contribution in [-0.2, 0) is 6.54 Å². The molecule has 4 rings (SSSR count). The Kier molecular flexibility index (Phi) is 4.50. The molecule has 0 aliphatic rings. The third kappa shape index (κ3) is 3.00. The lowest BCUT2D eigenvalue weighted by Crippen LogP contribution is -2.25. The minimum atomic E-state index is -0.529. The molecule has 0 fully saturated rings. The van der Waals surface area contributed by atoms with Gasteiger partial charge in [-0.15, -0.1) is 0 Å². The number of hydrogen-bond donors (Lipinski definition) is 2. The second-order valence-corrected chi connectivity index (χ2v) is 6.38. The topological polar surface area (TPSA) is 46.4 Å². The quantitative estimate of drug-likeness (QED) is 0.548. The van der Waals surface area contributed by atoms with Crippen LogP contribution in [0.25, 0.3) is 21.8 Å². The molecule has 4 heteroatoms. The highest BCUT2D eigenvalue weighted by Gasteiger charge is 2.13. The molecule has 1 atom stereocenters. The fourth-order valence-electron chi connectivity index (χ4n) is 3.49. The SMILES string of the molecule is COc1ccccc1NC[C@@H](O)Cn1c2ccccc2c2ccccc21. The Hall–Kier alpha value is -2.98. The number of benzene rings is 3. The molecule has 132 valence electrons. The standard InChI is InChI=1S/C22H22N2O2/c1-26-22-13-7-4-10-19(22)23-14-16(25)15-24-20-11-5-2-8-17(20)18-9-3-6-12-21(18)24/h2-13,16,23,25H,14-15H2,1H3/t16-/m1/s1. The van der Waals surface area contributed by atoms with Gasteiger partial charge < -0.3 is 19.7 Å². The van der Waals surface area contributed by atoms with Crippen LogP contribution in [0.5, 0.6) is 5.75 Å². The average Bonchev–Trinajstić information content (AvgIpc) is 3.01. The first kappa shape index (κ1) is 16.5. The summed E-state index contributed by atoms with van der Waals surface area (Å²) in [5, 5.41) is 16.4. The average molecular weight is 346 g/mol. The number of ether oxygens (including phenoxy) is 1. The number of aliphatic hydroxyl groups excluding tert-OH is 1. The van der Waals surface area contributed by atoms with Gasteiger partial charge in [0.1, 0.15) is 5.75 Å². The second kappa shape index (κ2) is 7.10. The van der Waals surface area contributed by atoms with Gasteiger partial charge in [-0.3, -0.25) is 0 Å². The molecular weight excluding hydrogens is 324 g/mol. The van der Waals surface area contributed by atoms with Crippen LogP contribution >= 0.6 is 0 Å². The normalized spacial score (nSPS) is 12.4. The number of aliphatic hydroxyl groups is 1. The highest BCUT2D eigenvalue weighted by molar-refractivity contribution is 6.07. The third-order valence-corrected chi connectivity index (χ3v) is 4.71. The molecule has 0 bridgehead atoms. The van der Waals surface area contributed by atoms with Crippen molar-refractivity contribution in [3.8, 4) is 5.75 Å². The Morgan fingerprint density at radius 3 is 2.12 bits per heavy atom. The number of methoxy groups -OCH3 is 1. The summed E-state index contributed by atoms with van der Waals surface area (Å²) < 4.78 is 7.54. The van der Waals surface area contributed by atoms with E-state index >= 15 is 0 Å². The summed E-state index contributed by atoms with van der Waals surface area (Å²) in [4.78, 5) is 0. The van der Waals surface area contributed by atoms with E-state index in [0.29, 0.717) is 13.1 Å². The van der Waals surface area contributed by atoms with Crippen molar-refractivity contribution in [3.63, 3.8) is 0 Å². The second-order valence-electron chi connectivity index (χ2n) is 6.38. The van der Waals surface area contributed by atoms with Crippen LogP contribution in [-0.4, -0.2) is 29.4 Å². The van der Waals surface area contributed by atoms with E-state index in [9.17, 15) is 5.11 Å². The van der Waals surface area contributed by atoms with Gasteiger partial charge >= 0.3 is 0 Å². The first-order valence-electron chi connectivity index (χ1n) is 8.79. The Morgan fingerprint density at radius 2 is 1.46 bits per heavy atom. The molecule has 1 heterocycles. The van der Waals surface area contributed by atoms with E-state index in [0.717, 1.165) is 22.5 Å². The fraction of sp³-hybridized carbons (Fsp3) is 0.182. The molecule has 4 aromatic rings. The van der Waals surface area contributed by atoms with Crippen LogP contribution in [0.3, 0.4) is 0 Å². The van der Waals surface area contributed by atoms with Crippen LogP contribution in [0.15, 0.2) is 72.8 Å². The van der Waals surface area contributed by atoms with Gasteiger partial charge in [-0.05, 0) is 24.3 Å². The van der Waals surface area contributed by atoms with Crippen LogP contribution in [0.4, 0.5) is 5.69 Å². The van der Waals surface area contributed by atoms with Crippen molar-refractivity contribution in [2.75, 3.05) is 19.0 Å². The molecule has 2 N–H and O–H groups in total. The smallest absolute Gasteiger partial charge is 0.141 e. The zero-order valence-electron chi connectivity index (χ0n) is 14.7. The lowest BCUT2D eigenvalue weighted by molar-refractivity contribution is 0.169. The number of nitrogens with one attached hydrogen (secondary N) is 1. The fourth-order valence-corrected chi connectivity index (χ4v) is 3.49. The summed E-state index contributed by atoms with van der Waals surface area (Å²) in [7, 11) is 1.65. The highest BCUT2D eigenvalue weighted by Crippen LogP contribution is 2.29. The van der Waals surface area contributed by atoms with Gasteiger partial charge in [0.15, 0.2) is 0 Å². The zero-order chi connectivity index (χ0) is 17.9. The van der Waals surface area contributed by atoms with E-state index in [2.05, 4.69) is 46.3 Å². The number of para-hydroxylation sites is 4. The predicted molar refractivity (Wildman–Crippen MR) is 107 cm³/mol.